The van der Waals surface area contributed by atoms with Gasteiger partial charge in [0.2, 0.25) is 0 Å². The molecule has 0 aliphatic rings. The maximum Gasteiger partial charge on any atom is 0.146 e. The molecule has 0 aromatic heterocycles. The van der Waals surface area contributed by atoms with Gasteiger partial charge in [-0.1, -0.05) is 30.3 Å². The summed E-state index contributed by atoms with van der Waals surface area (Å²) in [4.78, 5) is 0. The monoisotopic (exact) mass is 166 g/mol. The molecule has 0 bridgehead atoms. The number of hydrogen-bond acceptors (Lipinski definition) is 1. The molecule has 1 atom stereocenters. The first kappa shape index (κ1) is 8.49. The average Bonchev–Trinajstić information content (AvgIpc) is 2.06. The van der Waals surface area contributed by atoms with E-state index in [-0.39, 0.29) is 0 Å². The predicted octanol–water partition coefficient (Wildman–Crippen LogP) is 0.915. The molecule has 1 nitrogen and oxygen atoms in total. The van der Waals surface area contributed by atoms with E-state index in [1.165, 1.54) is 5.56 Å². The predicted molar refractivity (Wildman–Crippen MR) is 50.6 cm³/mol. The third kappa shape index (κ3) is 2.86. The topological polar surface area (TPSA) is 9.23 Å². The molecular formula is C9H14OSi. The van der Waals surface area contributed by atoms with E-state index < -0.39 is 0 Å². The first-order valence-electron chi connectivity index (χ1n) is 3.89. The van der Waals surface area contributed by atoms with Crippen LogP contribution in [0.15, 0.2) is 30.3 Å². The van der Waals surface area contributed by atoms with Crippen molar-refractivity contribution in [1.82, 2.24) is 0 Å². The van der Waals surface area contributed by atoms with E-state index in [0.29, 0.717) is 6.10 Å². The zero-order valence-corrected chi connectivity index (χ0v) is 9.08. The fourth-order valence-corrected chi connectivity index (χ4v) is 1.20. The maximum absolute atomic E-state index is 5.29. The van der Waals surface area contributed by atoms with Crippen molar-refractivity contribution in [2.24, 2.45) is 0 Å². The van der Waals surface area contributed by atoms with Gasteiger partial charge in [-0.2, -0.15) is 0 Å². The van der Waals surface area contributed by atoms with Gasteiger partial charge in [0.15, 0.2) is 0 Å². The fourth-order valence-electron chi connectivity index (χ4n) is 1.03. The summed E-state index contributed by atoms with van der Waals surface area (Å²) in [6.07, 6.45) is 1.41. The molecule has 11 heavy (non-hydrogen) atoms. The molecule has 0 saturated heterocycles. The highest BCUT2D eigenvalue weighted by atomic mass is 28.2. The molecule has 1 aromatic carbocycles. The molecule has 0 N–H and O–H groups in total. The second-order valence-corrected chi connectivity index (χ2v) is 3.21. The minimum absolute atomic E-state index is 0.379. The van der Waals surface area contributed by atoms with Crippen LogP contribution < -0.4 is 0 Å². The molecule has 1 rings (SSSR count). The van der Waals surface area contributed by atoms with Crippen LogP contribution >= 0.6 is 0 Å². The second-order valence-electron chi connectivity index (χ2n) is 2.74. The highest BCUT2D eigenvalue weighted by molar-refractivity contribution is 5.98. The molecule has 0 spiro atoms. The molecule has 0 saturated carbocycles. The van der Waals surface area contributed by atoms with Crippen molar-refractivity contribution in [3.8, 4) is 0 Å². The zero-order valence-electron chi connectivity index (χ0n) is 7.08. The van der Waals surface area contributed by atoms with Crippen LogP contribution in [0.25, 0.3) is 0 Å². The lowest BCUT2D eigenvalue weighted by Gasteiger charge is -2.08. The summed E-state index contributed by atoms with van der Waals surface area (Å²) in [5.74, 6) is 0. The quantitative estimate of drug-likeness (QED) is 0.607. The van der Waals surface area contributed by atoms with Gasteiger partial charge in [0.05, 0.1) is 0 Å². The van der Waals surface area contributed by atoms with Gasteiger partial charge in [-0.3, -0.25) is 0 Å². The van der Waals surface area contributed by atoms with Gasteiger partial charge in [0, 0.05) is 6.10 Å². The van der Waals surface area contributed by atoms with Gasteiger partial charge in [-0.05, 0) is 18.9 Å². The summed E-state index contributed by atoms with van der Waals surface area (Å²) < 4.78 is 5.29. The van der Waals surface area contributed by atoms with Crippen LogP contribution in [0.1, 0.15) is 12.5 Å². The molecule has 1 aromatic rings. The van der Waals surface area contributed by atoms with Crippen LogP contribution in [0, 0.1) is 0 Å². The van der Waals surface area contributed by atoms with Gasteiger partial charge in [-0.15, -0.1) is 0 Å². The molecule has 0 amide bonds. The summed E-state index contributed by atoms with van der Waals surface area (Å²) in [7, 11) is 0.834. The smallest absolute Gasteiger partial charge is 0.146 e. The third-order valence-electron chi connectivity index (χ3n) is 1.77. The minimum atomic E-state index is 0.379. The Morgan fingerprint density at radius 1 is 1.36 bits per heavy atom. The number of hydrogen-bond donors (Lipinski definition) is 0. The summed E-state index contributed by atoms with van der Waals surface area (Å²) in [5.41, 5.74) is 1.36. The molecule has 0 radical (unpaired) electrons. The van der Waals surface area contributed by atoms with Crippen molar-refractivity contribution in [2.75, 3.05) is 0 Å². The highest BCUT2D eigenvalue weighted by Gasteiger charge is 1.98. The Morgan fingerprint density at radius 3 is 2.55 bits per heavy atom. The van der Waals surface area contributed by atoms with Gasteiger partial charge in [-0.25, -0.2) is 0 Å². The molecule has 1 unspecified atom stereocenters. The van der Waals surface area contributed by atoms with Crippen LogP contribution in [-0.4, -0.2) is 16.6 Å². The molecular weight excluding hydrogens is 152 g/mol. The molecule has 2 heteroatoms. The third-order valence-corrected chi connectivity index (χ3v) is 2.57. The van der Waals surface area contributed by atoms with E-state index in [1.807, 2.05) is 6.07 Å². The van der Waals surface area contributed by atoms with Crippen LogP contribution in [0.5, 0.6) is 0 Å². The normalized spacial score (nSPS) is 13.2. The van der Waals surface area contributed by atoms with Crippen molar-refractivity contribution < 1.29 is 4.43 Å². The van der Waals surface area contributed by atoms with E-state index in [9.17, 15) is 0 Å². The minimum Gasteiger partial charge on any atom is -0.425 e. The van der Waals surface area contributed by atoms with E-state index >= 15 is 0 Å². The Hall–Kier alpha value is -0.603. The van der Waals surface area contributed by atoms with Crippen LogP contribution in [0.3, 0.4) is 0 Å². The number of rotatable bonds is 3. The Bertz CT molecular complexity index is 198. The Morgan fingerprint density at radius 2 is 2.00 bits per heavy atom. The summed E-state index contributed by atoms with van der Waals surface area (Å²) >= 11 is 0. The van der Waals surface area contributed by atoms with Crippen LogP contribution in [0.2, 0.25) is 0 Å². The summed E-state index contributed by atoms with van der Waals surface area (Å²) in [6, 6.07) is 10.4. The van der Waals surface area contributed by atoms with Crippen molar-refractivity contribution >= 4 is 10.5 Å². The Kier molecular flexibility index (Phi) is 3.33. The van der Waals surface area contributed by atoms with Crippen LogP contribution in [-0.2, 0) is 10.8 Å². The lowest BCUT2D eigenvalue weighted by atomic mass is 10.1. The standard InChI is InChI=1S/C9H14OSi/c1-8(10-11)7-9-5-3-2-4-6-9/h2-6,8H,7H2,1,11H3. The van der Waals surface area contributed by atoms with E-state index in [0.717, 1.165) is 16.9 Å². The largest absolute Gasteiger partial charge is 0.425 e. The number of benzene rings is 1. The molecule has 0 fully saturated rings. The lowest BCUT2D eigenvalue weighted by Crippen LogP contribution is -2.08. The van der Waals surface area contributed by atoms with Crippen molar-refractivity contribution in [3.63, 3.8) is 0 Å². The van der Waals surface area contributed by atoms with E-state index in [1.54, 1.807) is 0 Å². The highest BCUT2D eigenvalue weighted by Crippen LogP contribution is 2.03. The molecule has 0 aliphatic heterocycles. The second kappa shape index (κ2) is 4.31. The Labute approximate surface area is 70.9 Å². The average molecular weight is 166 g/mol. The Balaban J connectivity index is 2.51. The van der Waals surface area contributed by atoms with Gasteiger partial charge in [0.25, 0.3) is 0 Å². The molecule has 60 valence electrons. The SMILES string of the molecule is CC(Cc1ccccc1)O[SiH3]. The molecule has 0 heterocycles. The lowest BCUT2D eigenvalue weighted by molar-refractivity contribution is 0.244. The fraction of sp³-hybridized carbons (Fsp3) is 0.333. The van der Waals surface area contributed by atoms with E-state index in [4.69, 9.17) is 4.43 Å². The van der Waals surface area contributed by atoms with Crippen molar-refractivity contribution in [1.29, 1.82) is 0 Å². The van der Waals surface area contributed by atoms with Gasteiger partial charge in [0.1, 0.15) is 10.5 Å². The zero-order chi connectivity index (χ0) is 8.10. The maximum atomic E-state index is 5.29. The van der Waals surface area contributed by atoms with Crippen molar-refractivity contribution in [3.05, 3.63) is 35.9 Å². The van der Waals surface area contributed by atoms with Crippen LogP contribution in [0.4, 0.5) is 0 Å². The van der Waals surface area contributed by atoms with E-state index in [2.05, 4.69) is 31.2 Å². The van der Waals surface area contributed by atoms with Crippen molar-refractivity contribution in [2.45, 2.75) is 19.4 Å². The first-order valence-corrected chi connectivity index (χ1v) is 4.71. The summed E-state index contributed by atoms with van der Waals surface area (Å²) in [5, 5.41) is 0. The van der Waals surface area contributed by atoms with Gasteiger partial charge < -0.3 is 4.43 Å². The first-order chi connectivity index (χ1) is 5.33. The molecule has 0 aliphatic carbocycles. The summed E-state index contributed by atoms with van der Waals surface area (Å²) in [6.45, 7) is 2.11. The van der Waals surface area contributed by atoms with Gasteiger partial charge >= 0.3 is 0 Å².